The zero-order chi connectivity index (χ0) is 10.8. The Morgan fingerprint density at radius 2 is 2.00 bits per heavy atom. The van der Waals surface area contributed by atoms with Crippen LogP contribution in [0.2, 0.25) is 0 Å². The molecule has 1 saturated carbocycles. The highest BCUT2D eigenvalue weighted by Gasteiger charge is 2.21. The fourth-order valence-electron chi connectivity index (χ4n) is 2.08. The maximum absolute atomic E-state index is 11.2. The maximum atomic E-state index is 11.2. The van der Waals surface area contributed by atoms with Crippen LogP contribution < -0.4 is 17.0 Å². The van der Waals surface area contributed by atoms with E-state index in [9.17, 15) is 4.79 Å². The lowest BCUT2D eigenvalue weighted by Gasteiger charge is -2.25. The Bertz CT molecular complexity index is 393. The van der Waals surface area contributed by atoms with Crippen LogP contribution in [0.25, 0.3) is 0 Å². The van der Waals surface area contributed by atoms with Gasteiger partial charge in [0.15, 0.2) is 0 Å². The predicted molar refractivity (Wildman–Crippen MR) is 58.5 cm³/mol. The van der Waals surface area contributed by atoms with E-state index < -0.39 is 0 Å². The highest BCUT2D eigenvalue weighted by Crippen LogP contribution is 2.29. The van der Waals surface area contributed by atoms with Gasteiger partial charge in [-0.1, -0.05) is 0 Å². The topological polar surface area (TPSA) is 97.8 Å². The van der Waals surface area contributed by atoms with E-state index in [1.165, 1.54) is 6.07 Å². The van der Waals surface area contributed by atoms with Crippen LogP contribution in [0.5, 0.6) is 0 Å². The number of hydrogen-bond acceptors (Lipinski definition) is 4. The summed E-state index contributed by atoms with van der Waals surface area (Å²) in [5.74, 6) is 1.32. The van der Waals surface area contributed by atoms with Gasteiger partial charge in [-0.2, -0.15) is 0 Å². The largest absolute Gasteiger partial charge is 0.383 e. The molecular formula is C10H16N4O. The molecule has 1 aliphatic rings. The summed E-state index contributed by atoms with van der Waals surface area (Å²) in [5, 5.41) is 0. The van der Waals surface area contributed by atoms with E-state index in [1.54, 1.807) is 0 Å². The Morgan fingerprint density at radius 1 is 1.33 bits per heavy atom. The lowest BCUT2D eigenvalue weighted by molar-refractivity contribution is 0.384. The van der Waals surface area contributed by atoms with Crippen LogP contribution in [-0.2, 0) is 0 Å². The second-order valence-corrected chi connectivity index (χ2v) is 4.17. The van der Waals surface area contributed by atoms with Gasteiger partial charge in [-0.3, -0.25) is 4.79 Å². The molecule has 1 fully saturated rings. The number of H-pyrrole nitrogens is 1. The van der Waals surface area contributed by atoms with E-state index in [0.29, 0.717) is 23.6 Å². The smallest absolute Gasteiger partial charge is 0.252 e. The lowest BCUT2D eigenvalue weighted by atomic mass is 9.86. The molecule has 1 aliphatic carbocycles. The van der Waals surface area contributed by atoms with E-state index in [2.05, 4.69) is 9.97 Å². The van der Waals surface area contributed by atoms with Gasteiger partial charge in [-0.25, -0.2) is 4.98 Å². The molecule has 0 unspecified atom stereocenters. The summed E-state index contributed by atoms with van der Waals surface area (Å²) < 4.78 is 0. The molecule has 0 atom stereocenters. The Balaban J connectivity index is 2.19. The molecule has 82 valence electrons. The van der Waals surface area contributed by atoms with Gasteiger partial charge in [0.1, 0.15) is 11.6 Å². The molecule has 0 bridgehead atoms. The third kappa shape index (κ3) is 2.36. The predicted octanol–water partition coefficient (Wildman–Crippen LogP) is 0.337. The number of aromatic amines is 1. The molecule has 0 aliphatic heterocycles. The third-order valence-corrected chi connectivity index (χ3v) is 2.94. The molecule has 0 amide bonds. The summed E-state index contributed by atoms with van der Waals surface area (Å²) in [4.78, 5) is 18.1. The highest BCUT2D eigenvalue weighted by molar-refractivity contribution is 5.26. The van der Waals surface area contributed by atoms with Crippen molar-refractivity contribution in [2.24, 2.45) is 5.73 Å². The number of anilines is 1. The molecule has 15 heavy (non-hydrogen) atoms. The molecule has 5 heteroatoms. The lowest BCUT2D eigenvalue weighted by Crippen LogP contribution is -2.27. The van der Waals surface area contributed by atoms with Gasteiger partial charge in [-0.05, 0) is 25.7 Å². The van der Waals surface area contributed by atoms with Gasteiger partial charge in [-0.15, -0.1) is 0 Å². The van der Waals surface area contributed by atoms with Gasteiger partial charge >= 0.3 is 0 Å². The molecule has 0 aromatic carbocycles. The van der Waals surface area contributed by atoms with Crippen molar-refractivity contribution in [3.8, 4) is 0 Å². The number of aromatic nitrogens is 2. The van der Waals surface area contributed by atoms with Crippen LogP contribution in [0.15, 0.2) is 10.9 Å². The molecule has 0 saturated heterocycles. The van der Waals surface area contributed by atoms with Crippen LogP contribution in [0.3, 0.4) is 0 Å². The number of nitrogens with two attached hydrogens (primary N) is 2. The summed E-state index contributed by atoms with van der Waals surface area (Å²) in [6, 6.07) is 1.60. The summed E-state index contributed by atoms with van der Waals surface area (Å²) >= 11 is 0. The molecule has 5 nitrogen and oxygen atoms in total. The van der Waals surface area contributed by atoms with Gasteiger partial charge in [0, 0.05) is 18.0 Å². The molecule has 1 aromatic heterocycles. The third-order valence-electron chi connectivity index (χ3n) is 2.94. The zero-order valence-electron chi connectivity index (χ0n) is 8.57. The van der Waals surface area contributed by atoms with Crippen LogP contribution in [0.1, 0.15) is 37.4 Å². The van der Waals surface area contributed by atoms with Crippen molar-refractivity contribution >= 4 is 5.82 Å². The molecule has 1 aromatic rings. The molecule has 0 spiro atoms. The Hall–Kier alpha value is -1.36. The van der Waals surface area contributed by atoms with E-state index >= 15 is 0 Å². The van der Waals surface area contributed by atoms with Crippen molar-refractivity contribution in [3.63, 3.8) is 0 Å². The van der Waals surface area contributed by atoms with Gasteiger partial charge in [0.2, 0.25) is 0 Å². The van der Waals surface area contributed by atoms with Gasteiger partial charge in [0.25, 0.3) is 5.56 Å². The Labute approximate surface area is 87.9 Å². The van der Waals surface area contributed by atoms with Crippen LogP contribution >= 0.6 is 0 Å². The first kappa shape index (κ1) is 10.2. The second kappa shape index (κ2) is 4.02. The SMILES string of the molecule is Nc1cc(=O)[nH]c(C2CCC(N)CC2)n1. The van der Waals surface area contributed by atoms with E-state index in [1.807, 2.05) is 0 Å². The molecule has 2 rings (SSSR count). The van der Waals surface area contributed by atoms with Gasteiger partial charge < -0.3 is 16.5 Å². The van der Waals surface area contributed by atoms with E-state index in [4.69, 9.17) is 11.5 Å². The molecule has 0 radical (unpaired) electrons. The number of nitrogen functional groups attached to an aromatic ring is 1. The van der Waals surface area contributed by atoms with Crippen molar-refractivity contribution in [1.82, 2.24) is 9.97 Å². The fraction of sp³-hybridized carbons (Fsp3) is 0.600. The number of nitrogens with zero attached hydrogens (tertiary/aromatic N) is 1. The monoisotopic (exact) mass is 208 g/mol. The zero-order valence-corrected chi connectivity index (χ0v) is 8.57. The summed E-state index contributed by atoms with van der Waals surface area (Å²) in [6.45, 7) is 0. The quantitative estimate of drug-likeness (QED) is 0.619. The number of rotatable bonds is 1. The maximum Gasteiger partial charge on any atom is 0.252 e. The first-order chi connectivity index (χ1) is 7.15. The first-order valence-corrected chi connectivity index (χ1v) is 5.27. The van der Waals surface area contributed by atoms with Crippen molar-refractivity contribution in [3.05, 3.63) is 22.2 Å². The normalized spacial score (nSPS) is 26.5. The standard InChI is InChI=1S/C10H16N4O/c11-7-3-1-6(2-4-7)10-13-8(12)5-9(15)14-10/h5-7H,1-4,11H2,(H3,12,13,14,15). The molecule has 5 N–H and O–H groups in total. The van der Waals surface area contributed by atoms with Crippen LogP contribution in [0, 0.1) is 0 Å². The van der Waals surface area contributed by atoms with Crippen molar-refractivity contribution in [2.45, 2.75) is 37.6 Å². The fourth-order valence-corrected chi connectivity index (χ4v) is 2.08. The van der Waals surface area contributed by atoms with Gasteiger partial charge in [0.05, 0.1) is 0 Å². The molecular weight excluding hydrogens is 192 g/mol. The summed E-state index contributed by atoms with van der Waals surface area (Å²) in [7, 11) is 0. The van der Waals surface area contributed by atoms with Crippen molar-refractivity contribution in [1.29, 1.82) is 0 Å². The van der Waals surface area contributed by atoms with Crippen LogP contribution in [0.4, 0.5) is 5.82 Å². The highest BCUT2D eigenvalue weighted by atomic mass is 16.1. The Kier molecular flexibility index (Phi) is 2.73. The Morgan fingerprint density at radius 3 is 2.60 bits per heavy atom. The number of hydrogen-bond donors (Lipinski definition) is 3. The van der Waals surface area contributed by atoms with Crippen molar-refractivity contribution in [2.75, 3.05) is 5.73 Å². The average molecular weight is 208 g/mol. The summed E-state index contributed by atoms with van der Waals surface area (Å²) in [6.07, 6.45) is 3.94. The second-order valence-electron chi connectivity index (χ2n) is 4.17. The summed E-state index contributed by atoms with van der Waals surface area (Å²) in [5.41, 5.74) is 11.2. The first-order valence-electron chi connectivity index (χ1n) is 5.27. The number of nitrogens with one attached hydrogen (secondary N) is 1. The minimum Gasteiger partial charge on any atom is -0.383 e. The van der Waals surface area contributed by atoms with Crippen LogP contribution in [-0.4, -0.2) is 16.0 Å². The minimum absolute atomic E-state index is 0.174. The van der Waals surface area contributed by atoms with E-state index in [0.717, 1.165) is 25.7 Å². The molecule has 1 heterocycles. The minimum atomic E-state index is -0.174. The van der Waals surface area contributed by atoms with Crippen molar-refractivity contribution < 1.29 is 0 Å². The average Bonchev–Trinajstić information content (AvgIpc) is 2.17. The van der Waals surface area contributed by atoms with E-state index in [-0.39, 0.29) is 5.56 Å².